The van der Waals surface area contributed by atoms with Crippen LogP contribution in [0.1, 0.15) is 12.8 Å². The van der Waals surface area contributed by atoms with E-state index in [4.69, 9.17) is 10.8 Å². The summed E-state index contributed by atoms with van der Waals surface area (Å²) in [7, 11) is 0. The summed E-state index contributed by atoms with van der Waals surface area (Å²) in [5.74, 6) is -0.610. The van der Waals surface area contributed by atoms with E-state index < -0.39 is 6.09 Å². The van der Waals surface area contributed by atoms with Gasteiger partial charge in [0.15, 0.2) is 0 Å². The standard InChI is InChI=1S/C16H17BrN4O3/c17-10-3-4-11-12(6-10)19-7-13(14(11)18)20-15(22)9-2-1-5-21(8-9)16(23)24/h3-4,6-7,9H,1-2,5,8H2,(H2,18,19)(H,20,22)(H,23,24)/t9-/m0/s1. The summed E-state index contributed by atoms with van der Waals surface area (Å²) in [6.07, 6.45) is 1.86. The first kappa shape index (κ1) is 16.5. The molecule has 2 amide bonds. The Morgan fingerprint density at radius 1 is 1.42 bits per heavy atom. The summed E-state index contributed by atoms with van der Waals surface area (Å²) < 4.78 is 0.898. The van der Waals surface area contributed by atoms with E-state index in [1.165, 1.54) is 11.1 Å². The van der Waals surface area contributed by atoms with Gasteiger partial charge in [-0.2, -0.15) is 0 Å². The predicted molar refractivity (Wildman–Crippen MR) is 94.8 cm³/mol. The number of nitrogens with two attached hydrogens (primary N) is 1. The number of anilines is 2. The lowest BCUT2D eigenvalue weighted by Crippen LogP contribution is -2.43. The van der Waals surface area contributed by atoms with E-state index in [0.717, 1.165) is 15.4 Å². The van der Waals surface area contributed by atoms with Gasteiger partial charge in [0.25, 0.3) is 0 Å². The fraction of sp³-hybridized carbons (Fsp3) is 0.312. The van der Waals surface area contributed by atoms with Crippen LogP contribution in [0.4, 0.5) is 16.2 Å². The molecule has 0 radical (unpaired) electrons. The first-order valence-electron chi connectivity index (χ1n) is 7.58. The van der Waals surface area contributed by atoms with Crippen LogP contribution in [0.3, 0.4) is 0 Å². The second-order valence-corrected chi connectivity index (χ2v) is 6.72. The molecule has 2 heterocycles. The molecule has 7 nitrogen and oxygen atoms in total. The van der Waals surface area contributed by atoms with Crippen molar-refractivity contribution >= 4 is 50.2 Å². The second kappa shape index (κ2) is 6.64. The molecule has 0 aliphatic carbocycles. The molecular formula is C16H17BrN4O3. The Labute approximate surface area is 147 Å². The molecule has 1 aromatic heterocycles. The minimum atomic E-state index is -0.995. The van der Waals surface area contributed by atoms with Gasteiger partial charge < -0.3 is 21.1 Å². The normalized spacial score (nSPS) is 17.7. The number of carbonyl (C=O) groups excluding carboxylic acids is 1. The van der Waals surface area contributed by atoms with Crippen LogP contribution >= 0.6 is 15.9 Å². The van der Waals surface area contributed by atoms with Crippen molar-refractivity contribution in [3.63, 3.8) is 0 Å². The number of nitrogens with zero attached hydrogens (tertiary/aromatic N) is 2. The van der Waals surface area contributed by atoms with E-state index in [1.54, 1.807) is 0 Å². The first-order chi connectivity index (χ1) is 11.5. The number of carboxylic acid groups (broad SMARTS) is 1. The predicted octanol–water partition coefficient (Wildman–Crippen LogP) is 2.91. The lowest BCUT2D eigenvalue weighted by atomic mass is 9.97. The summed E-state index contributed by atoms with van der Waals surface area (Å²) in [5.41, 5.74) is 7.78. The van der Waals surface area contributed by atoms with Gasteiger partial charge in [-0.1, -0.05) is 15.9 Å². The van der Waals surface area contributed by atoms with Gasteiger partial charge in [-0.15, -0.1) is 0 Å². The zero-order chi connectivity index (χ0) is 17.3. The average Bonchev–Trinajstić information content (AvgIpc) is 2.57. The molecular weight excluding hydrogens is 376 g/mol. The number of hydrogen-bond donors (Lipinski definition) is 3. The molecule has 1 fully saturated rings. The molecule has 0 saturated carbocycles. The van der Waals surface area contributed by atoms with Crippen LogP contribution in [0.5, 0.6) is 0 Å². The number of halogens is 1. The van der Waals surface area contributed by atoms with Crippen LogP contribution in [0.2, 0.25) is 0 Å². The number of piperidine rings is 1. The second-order valence-electron chi connectivity index (χ2n) is 5.80. The fourth-order valence-corrected chi connectivity index (χ4v) is 3.24. The Kier molecular flexibility index (Phi) is 4.57. The van der Waals surface area contributed by atoms with E-state index in [0.29, 0.717) is 30.8 Å². The van der Waals surface area contributed by atoms with Crippen molar-refractivity contribution in [2.24, 2.45) is 5.92 Å². The van der Waals surface area contributed by atoms with E-state index in [1.807, 2.05) is 18.2 Å². The van der Waals surface area contributed by atoms with Crippen molar-refractivity contribution in [2.75, 3.05) is 24.1 Å². The van der Waals surface area contributed by atoms with Gasteiger partial charge in [-0.05, 0) is 31.0 Å². The molecule has 1 aromatic carbocycles. The Morgan fingerprint density at radius 2 is 2.21 bits per heavy atom. The van der Waals surface area contributed by atoms with Gasteiger partial charge in [0, 0.05) is 22.9 Å². The molecule has 0 bridgehead atoms. The Bertz CT molecular complexity index is 811. The fourth-order valence-electron chi connectivity index (χ4n) is 2.89. The van der Waals surface area contributed by atoms with Crippen molar-refractivity contribution in [1.29, 1.82) is 0 Å². The summed E-state index contributed by atoms with van der Waals surface area (Å²) in [6, 6.07) is 5.55. The Balaban J connectivity index is 1.79. The van der Waals surface area contributed by atoms with Crippen molar-refractivity contribution < 1.29 is 14.7 Å². The highest BCUT2D eigenvalue weighted by molar-refractivity contribution is 9.10. The molecule has 24 heavy (non-hydrogen) atoms. The molecule has 8 heteroatoms. The van der Waals surface area contributed by atoms with Gasteiger partial charge in [0.1, 0.15) is 0 Å². The van der Waals surface area contributed by atoms with Crippen molar-refractivity contribution in [2.45, 2.75) is 12.8 Å². The molecule has 0 spiro atoms. The van der Waals surface area contributed by atoms with Crippen LogP contribution in [-0.4, -0.2) is 40.1 Å². The molecule has 1 aliphatic heterocycles. The molecule has 3 rings (SSSR count). The zero-order valence-electron chi connectivity index (χ0n) is 12.8. The SMILES string of the molecule is Nc1c(NC(=O)[C@H]2CCCN(C(=O)O)C2)cnc2cc(Br)ccc12. The molecule has 0 unspecified atom stereocenters. The molecule has 1 atom stereocenters. The smallest absolute Gasteiger partial charge is 0.407 e. The minimum Gasteiger partial charge on any atom is -0.465 e. The number of hydrogen-bond acceptors (Lipinski definition) is 4. The third kappa shape index (κ3) is 3.28. The molecule has 4 N–H and O–H groups in total. The number of aromatic nitrogens is 1. The largest absolute Gasteiger partial charge is 0.465 e. The quantitative estimate of drug-likeness (QED) is 0.727. The van der Waals surface area contributed by atoms with Crippen LogP contribution in [0.15, 0.2) is 28.9 Å². The third-order valence-electron chi connectivity index (χ3n) is 4.19. The number of benzene rings is 1. The van der Waals surface area contributed by atoms with Gasteiger partial charge in [-0.3, -0.25) is 9.78 Å². The van der Waals surface area contributed by atoms with Crippen molar-refractivity contribution in [3.8, 4) is 0 Å². The van der Waals surface area contributed by atoms with Gasteiger partial charge >= 0.3 is 6.09 Å². The average molecular weight is 393 g/mol. The summed E-state index contributed by atoms with van der Waals surface area (Å²) in [6.45, 7) is 0.669. The molecule has 1 saturated heterocycles. The lowest BCUT2D eigenvalue weighted by Gasteiger charge is -2.29. The maximum absolute atomic E-state index is 12.5. The third-order valence-corrected chi connectivity index (χ3v) is 4.69. The summed E-state index contributed by atoms with van der Waals surface area (Å²) in [4.78, 5) is 29.1. The Hall–Kier alpha value is -2.35. The number of pyridine rings is 1. The number of carbonyl (C=O) groups is 2. The van der Waals surface area contributed by atoms with Crippen molar-refractivity contribution in [3.05, 3.63) is 28.9 Å². The van der Waals surface area contributed by atoms with Crippen LogP contribution in [0, 0.1) is 5.92 Å². The number of amides is 2. The minimum absolute atomic E-state index is 0.203. The lowest BCUT2D eigenvalue weighted by molar-refractivity contribution is -0.121. The molecule has 1 aliphatic rings. The van der Waals surface area contributed by atoms with E-state index in [-0.39, 0.29) is 18.4 Å². The van der Waals surface area contributed by atoms with Crippen LogP contribution in [-0.2, 0) is 4.79 Å². The summed E-state index contributed by atoms with van der Waals surface area (Å²) in [5, 5.41) is 12.6. The van der Waals surface area contributed by atoms with Gasteiger partial charge in [0.2, 0.25) is 5.91 Å². The highest BCUT2D eigenvalue weighted by Crippen LogP contribution is 2.29. The van der Waals surface area contributed by atoms with Crippen LogP contribution < -0.4 is 11.1 Å². The number of nitrogens with one attached hydrogen (secondary N) is 1. The number of likely N-dealkylation sites (tertiary alicyclic amines) is 1. The maximum atomic E-state index is 12.5. The molecule has 2 aromatic rings. The maximum Gasteiger partial charge on any atom is 0.407 e. The zero-order valence-corrected chi connectivity index (χ0v) is 14.4. The number of fused-ring (bicyclic) bond motifs is 1. The van der Waals surface area contributed by atoms with Crippen LogP contribution in [0.25, 0.3) is 10.9 Å². The number of rotatable bonds is 2. The van der Waals surface area contributed by atoms with E-state index in [2.05, 4.69) is 26.2 Å². The molecule has 126 valence electrons. The van der Waals surface area contributed by atoms with E-state index in [9.17, 15) is 9.59 Å². The van der Waals surface area contributed by atoms with Gasteiger partial charge in [-0.25, -0.2) is 4.79 Å². The summed E-state index contributed by atoms with van der Waals surface area (Å²) >= 11 is 3.38. The first-order valence-corrected chi connectivity index (χ1v) is 8.37. The Morgan fingerprint density at radius 3 is 2.96 bits per heavy atom. The highest BCUT2D eigenvalue weighted by Gasteiger charge is 2.28. The number of nitrogen functional groups attached to an aromatic ring is 1. The monoisotopic (exact) mass is 392 g/mol. The van der Waals surface area contributed by atoms with E-state index >= 15 is 0 Å². The van der Waals surface area contributed by atoms with Gasteiger partial charge in [0.05, 0.1) is 29.0 Å². The topological polar surface area (TPSA) is 109 Å². The van der Waals surface area contributed by atoms with Crippen molar-refractivity contribution in [1.82, 2.24) is 9.88 Å². The highest BCUT2D eigenvalue weighted by atomic mass is 79.9.